The van der Waals surface area contributed by atoms with E-state index in [1.807, 2.05) is 11.8 Å². The lowest BCUT2D eigenvalue weighted by Crippen LogP contribution is -2.55. The summed E-state index contributed by atoms with van der Waals surface area (Å²) in [5, 5.41) is 15.0. The molecular formula is C12H19ClN4O2. The molecule has 0 unspecified atom stereocenters. The Kier molecular flexibility index (Phi) is 3.85. The van der Waals surface area contributed by atoms with Crippen molar-refractivity contribution in [1.29, 1.82) is 0 Å². The Bertz CT molecular complexity index is 502. The van der Waals surface area contributed by atoms with E-state index >= 15 is 0 Å². The largest absolute Gasteiger partial charge is 0.379 e. The van der Waals surface area contributed by atoms with Crippen LogP contribution < -0.4 is 5.73 Å². The molecule has 0 bridgehead atoms. The average molecular weight is 287 g/mol. The molecule has 106 valence electrons. The molecule has 0 saturated carbocycles. The van der Waals surface area contributed by atoms with Crippen LogP contribution in [0.3, 0.4) is 0 Å². The van der Waals surface area contributed by atoms with Crippen LogP contribution in [0.25, 0.3) is 0 Å². The number of carbonyl (C=O) groups is 1. The van der Waals surface area contributed by atoms with Gasteiger partial charge in [0.25, 0.3) is 5.91 Å². The SMILES string of the molecule is Cc1nn(C)c(Cl)c1CN1CCC[C@@](O)(C(N)=O)C1. The number of primary amides is 1. The molecule has 1 fully saturated rings. The van der Waals surface area contributed by atoms with Gasteiger partial charge >= 0.3 is 0 Å². The molecule has 0 aromatic carbocycles. The molecule has 3 N–H and O–H groups in total. The van der Waals surface area contributed by atoms with E-state index in [0.29, 0.717) is 18.1 Å². The Hall–Kier alpha value is -1.11. The number of aliphatic hydroxyl groups is 1. The molecule has 0 spiro atoms. The first-order valence-electron chi connectivity index (χ1n) is 6.26. The summed E-state index contributed by atoms with van der Waals surface area (Å²) in [7, 11) is 1.79. The zero-order valence-corrected chi connectivity index (χ0v) is 11.9. The van der Waals surface area contributed by atoms with Gasteiger partial charge in [-0.1, -0.05) is 11.6 Å². The first-order valence-corrected chi connectivity index (χ1v) is 6.64. The lowest BCUT2D eigenvalue weighted by atomic mass is 9.92. The summed E-state index contributed by atoms with van der Waals surface area (Å²) in [6.45, 7) is 3.51. The number of halogens is 1. The second-order valence-corrected chi connectivity index (χ2v) is 5.55. The van der Waals surface area contributed by atoms with Gasteiger partial charge in [0, 0.05) is 25.7 Å². The molecule has 1 saturated heterocycles. The fourth-order valence-corrected chi connectivity index (χ4v) is 2.77. The van der Waals surface area contributed by atoms with Crippen molar-refractivity contribution in [3.63, 3.8) is 0 Å². The Labute approximate surface area is 117 Å². The first kappa shape index (κ1) is 14.3. The van der Waals surface area contributed by atoms with Crippen LogP contribution in [0.15, 0.2) is 0 Å². The van der Waals surface area contributed by atoms with Crippen LogP contribution in [0.5, 0.6) is 0 Å². The van der Waals surface area contributed by atoms with Crippen LogP contribution in [0.4, 0.5) is 0 Å². The Morgan fingerprint density at radius 1 is 1.63 bits per heavy atom. The molecule has 0 radical (unpaired) electrons. The summed E-state index contributed by atoms with van der Waals surface area (Å²) >= 11 is 6.19. The summed E-state index contributed by atoms with van der Waals surface area (Å²) in [5.41, 5.74) is 5.62. The molecule has 1 amide bonds. The van der Waals surface area contributed by atoms with Crippen molar-refractivity contribution in [1.82, 2.24) is 14.7 Å². The number of aromatic nitrogens is 2. The van der Waals surface area contributed by atoms with Crippen molar-refractivity contribution in [3.05, 3.63) is 16.4 Å². The maximum atomic E-state index is 11.3. The van der Waals surface area contributed by atoms with Crippen LogP contribution in [0, 0.1) is 6.92 Å². The molecule has 7 heteroatoms. The van der Waals surface area contributed by atoms with Gasteiger partial charge in [-0.3, -0.25) is 14.4 Å². The van der Waals surface area contributed by atoms with Gasteiger partial charge in [-0.2, -0.15) is 5.10 Å². The summed E-state index contributed by atoms with van der Waals surface area (Å²) < 4.78 is 1.62. The Morgan fingerprint density at radius 3 is 2.84 bits per heavy atom. The highest BCUT2D eigenvalue weighted by atomic mass is 35.5. The lowest BCUT2D eigenvalue weighted by molar-refractivity contribution is -0.142. The van der Waals surface area contributed by atoms with Gasteiger partial charge in [0.05, 0.1) is 5.69 Å². The molecular weight excluding hydrogens is 268 g/mol. The van der Waals surface area contributed by atoms with E-state index < -0.39 is 11.5 Å². The number of nitrogens with zero attached hydrogens (tertiary/aromatic N) is 3. The smallest absolute Gasteiger partial charge is 0.250 e. The number of hydrogen-bond acceptors (Lipinski definition) is 4. The van der Waals surface area contributed by atoms with E-state index in [-0.39, 0.29) is 6.54 Å². The third-order valence-electron chi connectivity index (χ3n) is 3.66. The van der Waals surface area contributed by atoms with Crippen LogP contribution >= 0.6 is 11.6 Å². The third-order valence-corrected chi connectivity index (χ3v) is 4.13. The lowest BCUT2D eigenvalue weighted by Gasteiger charge is -2.37. The molecule has 6 nitrogen and oxygen atoms in total. The van der Waals surface area contributed by atoms with Gasteiger partial charge in [0.1, 0.15) is 5.15 Å². The fraction of sp³-hybridized carbons (Fsp3) is 0.667. The number of piperidine rings is 1. The van der Waals surface area contributed by atoms with Crippen LogP contribution in [0.2, 0.25) is 5.15 Å². The molecule has 19 heavy (non-hydrogen) atoms. The topological polar surface area (TPSA) is 84.4 Å². The van der Waals surface area contributed by atoms with E-state index in [1.54, 1.807) is 11.7 Å². The number of rotatable bonds is 3. The monoisotopic (exact) mass is 286 g/mol. The predicted molar refractivity (Wildman–Crippen MR) is 71.6 cm³/mol. The molecule has 1 aromatic rings. The number of β-amino-alcohol motifs (C(OH)–C–C–N with tert-alkyl or cyclic N) is 1. The van der Waals surface area contributed by atoms with Gasteiger partial charge in [-0.25, -0.2) is 0 Å². The van der Waals surface area contributed by atoms with E-state index in [0.717, 1.165) is 24.2 Å². The summed E-state index contributed by atoms with van der Waals surface area (Å²) in [5.74, 6) is -0.661. The standard InChI is InChI=1S/C12H19ClN4O2/c1-8-9(10(13)16(2)15-8)6-17-5-3-4-12(19,7-17)11(14)18/h19H,3-7H2,1-2H3,(H2,14,18)/t12-/m0/s1. The summed E-state index contributed by atoms with van der Waals surface area (Å²) in [6.07, 6.45) is 1.15. The van der Waals surface area contributed by atoms with Crippen molar-refractivity contribution < 1.29 is 9.90 Å². The molecule has 1 aromatic heterocycles. The van der Waals surface area contributed by atoms with Crippen molar-refractivity contribution >= 4 is 17.5 Å². The van der Waals surface area contributed by atoms with Gasteiger partial charge in [0.2, 0.25) is 0 Å². The fourth-order valence-electron chi connectivity index (χ4n) is 2.54. The molecule has 0 aliphatic carbocycles. The highest BCUT2D eigenvalue weighted by Gasteiger charge is 2.38. The Balaban J connectivity index is 2.13. The van der Waals surface area contributed by atoms with Crippen molar-refractivity contribution in [2.45, 2.75) is 31.9 Å². The minimum absolute atomic E-state index is 0.243. The van der Waals surface area contributed by atoms with Crippen LogP contribution in [0.1, 0.15) is 24.1 Å². The maximum Gasteiger partial charge on any atom is 0.250 e. The number of hydrogen-bond donors (Lipinski definition) is 2. The zero-order chi connectivity index (χ0) is 14.2. The molecule has 2 rings (SSSR count). The van der Waals surface area contributed by atoms with Crippen molar-refractivity contribution in [2.24, 2.45) is 12.8 Å². The van der Waals surface area contributed by atoms with Crippen LogP contribution in [-0.2, 0) is 18.4 Å². The second-order valence-electron chi connectivity index (χ2n) is 5.19. The Morgan fingerprint density at radius 2 is 2.32 bits per heavy atom. The maximum absolute atomic E-state index is 11.3. The number of likely N-dealkylation sites (tertiary alicyclic amines) is 1. The number of amides is 1. The van der Waals surface area contributed by atoms with Gasteiger partial charge in [-0.05, 0) is 26.3 Å². The zero-order valence-electron chi connectivity index (χ0n) is 11.2. The van der Waals surface area contributed by atoms with E-state index in [1.165, 1.54) is 0 Å². The highest BCUT2D eigenvalue weighted by molar-refractivity contribution is 6.30. The third kappa shape index (κ3) is 2.75. The number of carbonyl (C=O) groups excluding carboxylic acids is 1. The normalized spacial score (nSPS) is 24.6. The minimum atomic E-state index is -1.43. The van der Waals surface area contributed by atoms with Gasteiger partial charge in [0.15, 0.2) is 5.60 Å². The van der Waals surface area contributed by atoms with Gasteiger partial charge in [-0.15, -0.1) is 0 Å². The van der Waals surface area contributed by atoms with E-state index in [4.69, 9.17) is 17.3 Å². The average Bonchev–Trinajstić information content (AvgIpc) is 2.56. The van der Waals surface area contributed by atoms with Gasteiger partial charge < -0.3 is 10.8 Å². The van der Waals surface area contributed by atoms with Crippen molar-refractivity contribution in [3.8, 4) is 0 Å². The molecule has 2 heterocycles. The van der Waals surface area contributed by atoms with E-state index in [2.05, 4.69) is 5.10 Å². The molecule has 1 atom stereocenters. The number of aryl methyl sites for hydroxylation is 2. The van der Waals surface area contributed by atoms with Crippen molar-refractivity contribution in [2.75, 3.05) is 13.1 Å². The van der Waals surface area contributed by atoms with E-state index in [9.17, 15) is 9.90 Å². The predicted octanol–water partition coefficient (Wildman–Crippen LogP) is 0.194. The number of nitrogens with two attached hydrogens (primary N) is 1. The molecule has 1 aliphatic rings. The summed E-state index contributed by atoms with van der Waals surface area (Å²) in [4.78, 5) is 13.3. The second kappa shape index (κ2) is 5.11. The summed E-state index contributed by atoms with van der Waals surface area (Å²) in [6, 6.07) is 0. The van der Waals surface area contributed by atoms with Crippen LogP contribution in [-0.4, -0.2) is 44.4 Å². The first-order chi connectivity index (χ1) is 8.83. The quantitative estimate of drug-likeness (QED) is 0.831. The minimum Gasteiger partial charge on any atom is -0.379 e. The molecule has 1 aliphatic heterocycles. The highest BCUT2D eigenvalue weighted by Crippen LogP contribution is 2.25.